The van der Waals surface area contributed by atoms with Crippen LogP contribution in [0.25, 0.3) is 15.9 Å². The number of thiophene rings is 1. The summed E-state index contributed by atoms with van der Waals surface area (Å²) in [6, 6.07) is 16.5. The Balaban J connectivity index is 1.69. The number of para-hydroxylation sites is 1. The minimum Gasteiger partial charge on any atom is -0.486 e. The molecule has 0 saturated carbocycles. The normalized spacial score (nSPS) is 13.0. The smallest absolute Gasteiger partial charge is 0.336 e. The molecule has 6 nitrogen and oxygen atoms in total. The maximum atomic E-state index is 13.3. The van der Waals surface area contributed by atoms with Crippen molar-refractivity contribution in [2.45, 2.75) is 6.54 Å². The second-order valence-corrected chi connectivity index (χ2v) is 7.37. The van der Waals surface area contributed by atoms with E-state index in [1.165, 1.54) is 15.9 Å². The summed E-state index contributed by atoms with van der Waals surface area (Å²) >= 11 is 1.34. The molecule has 3 heterocycles. The summed E-state index contributed by atoms with van der Waals surface area (Å²) in [5.41, 5.74) is 1.44. The van der Waals surface area contributed by atoms with Gasteiger partial charge in [0, 0.05) is 0 Å². The van der Waals surface area contributed by atoms with Crippen molar-refractivity contribution >= 4 is 21.6 Å². The van der Waals surface area contributed by atoms with Gasteiger partial charge in [-0.05, 0) is 41.3 Å². The van der Waals surface area contributed by atoms with E-state index in [0.29, 0.717) is 47.2 Å². The molecule has 1 aliphatic heterocycles. The van der Waals surface area contributed by atoms with Crippen LogP contribution in [0.1, 0.15) is 5.56 Å². The summed E-state index contributed by atoms with van der Waals surface area (Å²) < 4.78 is 14.6. The third-order valence-electron chi connectivity index (χ3n) is 4.72. The Labute approximate surface area is 163 Å². The summed E-state index contributed by atoms with van der Waals surface area (Å²) in [5.74, 6) is 1.38. The molecule has 7 heteroatoms. The minimum absolute atomic E-state index is 0.292. The first-order valence-electron chi connectivity index (χ1n) is 8.89. The van der Waals surface area contributed by atoms with Crippen LogP contribution < -0.4 is 20.7 Å². The van der Waals surface area contributed by atoms with E-state index < -0.39 is 0 Å². The highest BCUT2D eigenvalue weighted by Gasteiger charge is 2.17. The van der Waals surface area contributed by atoms with E-state index in [9.17, 15) is 9.59 Å². The van der Waals surface area contributed by atoms with Crippen LogP contribution in [-0.4, -0.2) is 22.3 Å². The van der Waals surface area contributed by atoms with Crippen LogP contribution in [0, 0.1) is 0 Å². The fraction of sp³-hybridized carbons (Fsp3) is 0.143. The average Bonchev–Trinajstić information content (AvgIpc) is 3.22. The van der Waals surface area contributed by atoms with Crippen molar-refractivity contribution in [1.29, 1.82) is 0 Å². The van der Waals surface area contributed by atoms with Crippen molar-refractivity contribution in [3.63, 3.8) is 0 Å². The fourth-order valence-corrected chi connectivity index (χ4v) is 4.24. The number of benzene rings is 2. The van der Waals surface area contributed by atoms with E-state index in [1.54, 1.807) is 16.7 Å². The molecule has 0 aliphatic carbocycles. The number of hydrogen-bond acceptors (Lipinski definition) is 5. The Morgan fingerprint density at radius 2 is 1.71 bits per heavy atom. The van der Waals surface area contributed by atoms with Crippen molar-refractivity contribution < 1.29 is 9.47 Å². The zero-order valence-corrected chi connectivity index (χ0v) is 15.6. The van der Waals surface area contributed by atoms with Crippen molar-refractivity contribution in [2.24, 2.45) is 0 Å². The third-order valence-corrected chi connectivity index (χ3v) is 5.61. The highest BCUT2D eigenvalue weighted by molar-refractivity contribution is 7.17. The summed E-state index contributed by atoms with van der Waals surface area (Å²) in [6.45, 7) is 1.36. The number of rotatable bonds is 3. The van der Waals surface area contributed by atoms with E-state index in [1.807, 2.05) is 47.8 Å². The maximum Gasteiger partial charge on any atom is 0.336 e. The lowest BCUT2D eigenvalue weighted by Crippen LogP contribution is -2.38. The van der Waals surface area contributed by atoms with Gasteiger partial charge in [0.15, 0.2) is 11.5 Å². The molecule has 0 unspecified atom stereocenters. The van der Waals surface area contributed by atoms with E-state index in [2.05, 4.69) is 0 Å². The quantitative estimate of drug-likeness (QED) is 0.538. The fourth-order valence-electron chi connectivity index (χ4n) is 3.41. The number of aromatic nitrogens is 2. The molecular formula is C21H16N2O4S. The number of hydrogen-bond donors (Lipinski definition) is 0. The van der Waals surface area contributed by atoms with Gasteiger partial charge in [0.1, 0.15) is 17.9 Å². The Morgan fingerprint density at radius 3 is 2.54 bits per heavy atom. The predicted octanol–water partition coefficient (Wildman–Crippen LogP) is 3.03. The van der Waals surface area contributed by atoms with Gasteiger partial charge in [-0.25, -0.2) is 9.36 Å². The summed E-state index contributed by atoms with van der Waals surface area (Å²) in [7, 11) is 0. The van der Waals surface area contributed by atoms with E-state index in [-0.39, 0.29) is 11.2 Å². The van der Waals surface area contributed by atoms with Crippen LogP contribution in [0.2, 0.25) is 0 Å². The van der Waals surface area contributed by atoms with Crippen LogP contribution in [-0.2, 0) is 6.54 Å². The van der Waals surface area contributed by atoms with E-state index >= 15 is 0 Å². The zero-order chi connectivity index (χ0) is 19.1. The highest BCUT2D eigenvalue weighted by Crippen LogP contribution is 2.31. The van der Waals surface area contributed by atoms with Gasteiger partial charge in [-0.2, -0.15) is 0 Å². The van der Waals surface area contributed by atoms with Crippen molar-refractivity contribution in [1.82, 2.24) is 9.13 Å². The van der Waals surface area contributed by atoms with E-state index in [4.69, 9.17) is 9.47 Å². The van der Waals surface area contributed by atoms with Gasteiger partial charge >= 0.3 is 5.69 Å². The second kappa shape index (κ2) is 6.69. The Hall–Kier alpha value is -3.32. The van der Waals surface area contributed by atoms with E-state index in [0.717, 1.165) is 5.56 Å². The molecule has 0 atom stereocenters. The van der Waals surface area contributed by atoms with Gasteiger partial charge in [-0.1, -0.05) is 24.3 Å². The Kier molecular flexibility index (Phi) is 4.02. The molecule has 28 heavy (non-hydrogen) atoms. The second-order valence-electron chi connectivity index (χ2n) is 6.46. The van der Waals surface area contributed by atoms with Crippen LogP contribution in [0.15, 0.2) is 69.6 Å². The lowest BCUT2D eigenvalue weighted by Gasteiger charge is -2.19. The number of ether oxygens (including phenoxy) is 2. The molecule has 2 aromatic heterocycles. The Bertz CT molecular complexity index is 1290. The largest absolute Gasteiger partial charge is 0.486 e. The third kappa shape index (κ3) is 2.71. The lowest BCUT2D eigenvalue weighted by atomic mass is 10.2. The van der Waals surface area contributed by atoms with Gasteiger partial charge in [-0.15, -0.1) is 11.3 Å². The molecule has 0 fully saturated rings. The molecule has 1 aliphatic rings. The lowest BCUT2D eigenvalue weighted by molar-refractivity contribution is 0.171. The molecule has 0 N–H and O–H groups in total. The molecule has 0 saturated heterocycles. The molecule has 0 radical (unpaired) electrons. The number of nitrogens with zero attached hydrogens (tertiary/aromatic N) is 2. The summed E-state index contributed by atoms with van der Waals surface area (Å²) in [6.07, 6.45) is 0. The average molecular weight is 392 g/mol. The van der Waals surface area contributed by atoms with Crippen molar-refractivity contribution in [3.8, 4) is 17.2 Å². The SMILES string of the molecule is O=c1c2sccc2n(Cc2ccc3c(c2)OCCO3)c(=O)n1-c1ccccc1. The molecule has 5 rings (SSSR count). The maximum absolute atomic E-state index is 13.3. The zero-order valence-electron chi connectivity index (χ0n) is 14.8. The predicted molar refractivity (Wildman–Crippen MR) is 108 cm³/mol. The molecule has 2 aromatic carbocycles. The standard InChI is InChI=1S/C21H16N2O4S/c24-20-19-16(8-11-28-19)22(21(25)23(20)15-4-2-1-3-5-15)13-14-6-7-17-18(12-14)27-10-9-26-17/h1-8,11-12H,9-10,13H2. The molecule has 0 bridgehead atoms. The monoisotopic (exact) mass is 392 g/mol. The first-order chi connectivity index (χ1) is 13.7. The first-order valence-corrected chi connectivity index (χ1v) is 9.77. The summed E-state index contributed by atoms with van der Waals surface area (Å²) in [5, 5.41) is 1.83. The van der Waals surface area contributed by atoms with Crippen LogP contribution >= 0.6 is 11.3 Å². The van der Waals surface area contributed by atoms with Gasteiger partial charge in [-0.3, -0.25) is 9.36 Å². The summed E-state index contributed by atoms with van der Waals surface area (Å²) in [4.78, 5) is 26.2. The molecule has 0 amide bonds. The minimum atomic E-state index is -0.364. The topological polar surface area (TPSA) is 62.5 Å². The number of fused-ring (bicyclic) bond motifs is 2. The molecule has 0 spiro atoms. The van der Waals surface area contributed by atoms with Crippen molar-refractivity contribution in [2.75, 3.05) is 13.2 Å². The van der Waals surface area contributed by atoms with Gasteiger partial charge in [0.25, 0.3) is 5.56 Å². The molecule has 4 aromatic rings. The van der Waals surface area contributed by atoms with Gasteiger partial charge in [0.05, 0.1) is 17.7 Å². The van der Waals surface area contributed by atoms with Gasteiger partial charge in [0.2, 0.25) is 0 Å². The van der Waals surface area contributed by atoms with Gasteiger partial charge < -0.3 is 9.47 Å². The highest BCUT2D eigenvalue weighted by atomic mass is 32.1. The molecule has 140 valence electrons. The van der Waals surface area contributed by atoms with Crippen molar-refractivity contribution in [3.05, 3.63) is 86.4 Å². The molecular weight excluding hydrogens is 376 g/mol. The Morgan fingerprint density at radius 1 is 0.929 bits per heavy atom. The van der Waals surface area contributed by atoms with Crippen LogP contribution in [0.4, 0.5) is 0 Å². The first kappa shape index (κ1) is 16.8. The van der Waals surface area contributed by atoms with Crippen LogP contribution in [0.3, 0.4) is 0 Å². The van der Waals surface area contributed by atoms with Crippen LogP contribution in [0.5, 0.6) is 11.5 Å².